The molecule has 1 heterocycles. The van der Waals surface area contributed by atoms with Crippen LogP contribution in [0.15, 0.2) is 12.3 Å². The Morgan fingerprint density at radius 3 is 3.00 bits per heavy atom. The Bertz CT molecular complexity index is 428. The van der Waals surface area contributed by atoms with Gasteiger partial charge in [-0.3, -0.25) is 4.79 Å². The largest absolute Gasteiger partial charge is 0.469 e. The van der Waals surface area contributed by atoms with E-state index in [4.69, 9.17) is 16.3 Å². The van der Waals surface area contributed by atoms with Gasteiger partial charge in [0, 0.05) is 12.1 Å². The van der Waals surface area contributed by atoms with Gasteiger partial charge in [-0.1, -0.05) is 24.4 Å². The van der Waals surface area contributed by atoms with Crippen molar-refractivity contribution in [3.63, 3.8) is 0 Å². The Balaban J connectivity index is 2.07. The van der Waals surface area contributed by atoms with Crippen molar-refractivity contribution in [2.75, 3.05) is 12.4 Å². The molecule has 0 unspecified atom stereocenters. The van der Waals surface area contributed by atoms with E-state index in [2.05, 4.69) is 15.5 Å². The number of carbonyl (C=O) groups is 1. The molecule has 0 aliphatic heterocycles. The molecule has 6 heteroatoms. The number of rotatable bonds is 3. The SMILES string of the molecule is COC(=O)[C@H]1CCCC[C@H]1Nc1cnnc(Cl)c1. The first-order valence-corrected chi connectivity index (χ1v) is 6.41. The van der Waals surface area contributed by atoms with Gasteiger partial charge in [-0.05, 0) is 12.8 Å². The van der Waals surface area contributed by atoms with Crippen molar-refractivity contribution < 1.29 is 9.53 Å². The predicted molar refractivity (Wildman–Crippen MR) is 68.4 cm³/mol. The van der Waals surface area contributed by atoms with Gasteiger partial charge in [0.25, 0.3) is 0 Å². The quantitative estimate of drug-likeness (QED) is 0.853. The molecule has 5 nitrogen and oxygen atoms in total. The van der Waals surface area contributed by atoms with Crippen molar-refractivity contribution in [1.82, 2.24) is 10.2 Å². The van der Waals surface area contributed by atoms with Crippen LogP contribution in [0.25, 0.3) is 0 Å². The lowest BCUT2D eigenvalue weighted by atomic mass is 9.84. The molecule has 18 heavy (non-hydrogen) atoms. The second-order valence-electron chi connectivity index (χ2n) is 4.43. The molecule has 0 saturated heterocycles. The number of esters is 1. The minimum Gasteiger partial charge on any atom is -0.469 e. The van der Waals surface area contributed by atoms with E-state index < -0.39 is 0 Å². The van der Waals surface area contributed by atoms with Crippen molar-refractivity contribution in [3.8, 4) is 0 Å². The number of ether oxygens (including phenoxy) is 1. The summed E-state index contributed by atoms with van der Waals surface area (Å²) in [7, 11) is 1.43. The Labute approximate surface area is 111 Å². The molecule has 1 N–H and O–H groups in total. The maximum absolute atomic E-state index is 11.7. The summed E-state index contributed by atoms with van der Waals surface area (Å²) in [5.74, 6) is -0.254. The summed E-state index contributed by atoms with van der Waals surface area (Å²) in [6.45, 7) is 0. The minimum atomic E-state index is -0.152. The van der Waals surface area contributed by atoms with Crippen LogP contribution < -0.4 is 5.32 Å². The van der Waals surface area contributed by atoms with Crippen molar-refractivity contribution in [1.29, 1.82) is 0 Å². The second kappa shape index (κ2) is 6.00. The standard InChI is InChI=1S/C12H16ClN3O2/c1-18-12(17)9-4-2-3-5-10(9)15-8-6-11(13)16-14-7-8/h6-7,9-10H,2-5H2,1H3,(H,15,16)/t9-,10+/m0/s1. The molecule has 0 radical (unpaired) electrons. The lowest BCUT2D eigenvalue weighted by Crippen LogP contribution is -2.37. The first kappa shape index (κ1) is 13.1. The molecule has 2 rings (SSSR count). The van der Waals surface area contributed by atoms with E-state index >= 15 is 0 Å². The fourth-order valence-electron chi connectivity index (χ4n) is 2.37. The van der Waals surface area contributed by atoms with Crippen molar-refractivity contribution in [3.05, 3.63) is 17.4 Å². The average molecular weight is 270 g/mol. The van der Waals surface area contributed by atoms with Crippen LogP contribution in [0.4, 0.5) is 5.69 Å². The van der Waals surface area contributed by atoms with Gasteiger partial charge in [0.15, 0.2) is 5.15 Å². The summed E-state index contributed by atoms with van der Waals surface area (Å²) in [5.41, 5.74) is 0.788. The third-order valence-corrected chi connectivity index (χ3v) is 3.43. The summed E-state index contributed by atoms with van der Waals surface area (Å²) < 4.78 is 4.85. The van der Waals surface area contributed by atoms with Crippen molar-refractivity contribution >= 4 is 23.3 Å². The zero-order valence-corrected chi connectivity index (χ0v) is 11.0. The maximum atomic E-state index is 11.7. The highest BCUT2D eigenvalue weighted by Gasteiger charge is 2.31. The van der Waals surface area contributed by atoms with Crippen LogP contribution in [0.5, 0.6) is 0 Å². The van der Waals surface area contributed by atoms with E-state index in [-0.39, 0.29) is 17.9 Å². The zero-order chi connectivity index (χ0) is 13.0. The molecule has 1 saturated carbocycles. The molecule has 1 fully saturated rings. The molecular formula is C12H16ClN3O2. The van der Waals surface area contributed by atoms with Crippen LogP contribution in [0.1, 0.15) is 25.7 Å². The van der Waals surface area contributed by atoms with Gasteiger partial charge in [0.05, 0.1) is 24.9 Å². The highest BCUT2D eigenvalue weighted by atomic mass is 35.5. The number of hydrogen-bond acceptors (Lipinski definition) is 5. The molecule has 98 valence electrons. The molecule has 0 bridgehead atoms. The molecule has 0 aromatic carbocycles. The van der Waals surface area contributed by atoms with E-state index in [1.54, 1.807) is 12.3 Å². The van der Waals surface area contributed by atoms with E-state index in [0.29, 0.717) is 5.15 Å². The summed E-state index contributed by atoms with van der Waals surface area (Å²) in [5, 5.41) is 11.1. The van der Waals surface area contributed by atoms with Crippen LogP contribution in [-0.2, 0) is 9.53 Å². The van der Waals surface area contributed by atoms with Crippen LogP contribution in [0.3, 0.4) is 0 Å². The number of aromatic nitrogens is 2. The van der Waals surface area contributed by atoms with Crippen LogP contribution in [0, 0.1) is 5.92 Å². The smallest absolute Gasteiger partial charge is 0.310 e. The molecule has 0 spiro atoms. The van der Waals surface area contributed by atoms with Crippen molar-refractivity contribution in [2.45, 2.75) is 31.7 Å². The molecule has 1 aliphatic rings. The lowest BCUT2D eigenvalue weighted by Gasteiger charge is -2.30. The predicted octanol–water partition coefficient (Wildman–Crippen LogP) is 2.27. The molecule has 1 aromatic rings. The number of hydrogen-bond donors (Lipinski definition) is 1. The molecule has 1 aromatic heterocycles. The number of halogens is 1. The maximum Gasteiger partial charge on any atom is 0.310 e. The number of methoxy groups -OCH3 is 1. The van der Waals surface area contributed by atoms with E-state index in [1.165, 1.54) is 7.11 Å². The number of anilines is 1. The second-order valence-corrected chi connectivity index (χ2v) is 4.82. The molecule has 1 aliphatic carbocycles. The number of carbonyl (C=O) groups excluding carboxylic acids is 1. The third-order valence-electron chi connectivity index (χ3n) is 3.25. The summed E-state index contributed by atoms with van der Waals surface area (Å²) in [6, 6.07) is 1.78. The lowest BCUT2D eigenvalue weighted by molar-refractivity contribution is -0.146. The van der Waals surface area contributed by atoms with Gasteiger partial charge < -0.3 is 10.1 Å². The topological polar surface area (TPSA) is 64.1 Å². The van der Waals surface area contributed by atoms with Gasteiger partial charge in [-0.2, -0.15) is 5.10 Å². The number of nitrogens with one attached hydrogen (secondary N) is 1. The summed E-state index contributed by atoms with van der Waals surface area (Å²) >= 11 is 5.78. The summed E-state index contributed by atoms with van der Waals surface area (Å²) in [4.78, 5) is 11.7. The monoisotopic (exact) mass is 269 g/mol. The van der Waals surface area contributed by atoms with Crippen LogP contribution in [0.2, 0.25) is 5.15 Å². The Morgan fingerprint density at radius 2 is 2.28 bits per heavy atom. The molecular weight excluding hydrogens is 254 g/mol. The third kappa shape index (κ3) is 3.10. The highest BCUT2D eigenvalue weighted by Crippen LogP contribution is 2.28. The fourth-order valence-corrected chi connectivity index (χ4v) is 2.53. The van der Waals surface area contributed by atoms with Gasteiger partial charge in [-0.25, -0.2) is 0 Å². The fraction of sp³-hybridized carbons (Fsp3) is 0.583. The van der Waals surface area contributed by atoms with E-state index in [1.807, 2.05) is 0 Å². The zero-order valence-electron chi connectivity index (χ0n) is 10.2. The van der Waals surface area contributed by atoms with Crippen LogP contribution in [-0.4, -0.2) is 29.3 Å². The van der Waals surface area contributed by atoms with Crippen LogP contribution >= 0.6 is 11.6 Å². The highest BCUT2D eigenvalue weighted by molar-refractivity contribution is 6.29. The Hall–Kier alpha value is -1.36. The van der Waals surface area contributed by atoms with Gasteiger partial charge >= 0.3 is 5.97 Å². The molecule has 2 atom stereocenters. The normalized spacial score (nSPS) is 23.4. The van der Waals surface area contributed by atoms with Gasteiger partial charge in [-0.15, -0.1) is 5.10 Å². The Kier molecular flexibility index (Phi) is 4.36. The van der Waals surface area contributed by atoms with Gasteiger partial charge in [0.1, 0.15) is 0 Å². The first-order chi connectivity index (χ1) is 8.70. The Morgan fingerprint density at radius 1 is 1.50 bits per heavy atom. The van der Waals surface area contributed by atoms with Gasteiger partial charge in [0.2, 0.25) is 0 Å². The summed E-state index contributed by atoms with van der Waals surface area (Å²) in [6.07, 6.45) is 5.58. The minimum absolute atomic E-state index is 0.0754. The number of nitrogens with zero attached hydrogens (tertiary/aromatic N) is 2. The first-order valence-electron chi connectivity index (χ1n) is 6.03. The van der Waals surface area contributed by atoms with Crippen molar-refractivity contribution in [2.24, 2.45) is 5.92 Å². The molecule has 0 amide bonds. The van der Waals surface area contributed by atoms with E-state index in [9.17, 15) is 4.79 Å². The average Bonchev–Trinajstić information content (AvgIpc) is 2.38. The van der Waals surface area contributed by atoms with E-state index in [0.717, 1.165) is 31.4 Å².